The van der Waals surface area contributed by atoms with Gasteiger partial charge in [-0.05, 0) is 31.4 Å². The van der Waals surface area contributed by atoms with Crippen LogP contribution >= 0.6 is 11.6 Å². The van der Waals surface area contributed by atoms with Gasteiger partial charge in [-0.25, -0.2) is 4.98 Å². The fraction of sp³-hybridized carbons (Fsp3) is 0.267. The highest BCUT2D eigenvalue weighted by molar-refractivity contribution is 6.30. The van der Waals surface area contributed by atoms with E-state index < -0.39 is 5.60 Å². The Morgan fingerprint density at radius 2 is 2.00 bits per heavy atom. The summed E-state index contributed by atoms with van der Waals surface area (Å²) in [5.74, 6) is 0. The molecule has 2 aromatic heterocycles. The van der Waals surface area contributed by atoms with E-state index in [1.54, 1.807) is 26.2 Å². The van der Waals surface area contributed by atoms with E-state index in [9.17, 15) is 5.11 Å². The van der Waals surface area contributed by atoms with Crippen LogP contribution in [-0.2, 0) is 6.54 Å². The molecule has 0 amide bonds. The lowest BCUT2D eigenvalue weighted by Gasteiger charge is -2.15. The van der Waals surface area contributed by atoms with Crippen molar-refractivity contribution in [1.82, 2.24) is 20.0 Å². The van der Waals surface area contributed by atoms with Gasteiger partial charge in [0.1, 0.15) is 10.8 Å². The first-order valence-corrected chi connectivity index (χ1v) is 6.97. The van der Waals surface area contributed by atoms with Gasteiger partial charge in [0.2, 0.25) is 0 Å². The SMILES string of the molecule is CC(C)(O)Cn1ncc(-c2ccc3cnc(Cl)cc3c2)n1. The summed E-state index contributed by atoms with van der Waals surface area (Å²) in [6, 6.07) is 7.77. The molecular formula is C15H15ClN4O. The minimum absolute atomic E-state index is 0.344. The number of aromatic nitrogens is 4. The minimum Gasteiger partial charge on any atom is -0.388 e. The van der Waals surface area contributed by atoms with Crippen molar-refractivity contribution in [3.63, 3.8) is 0 Å². The summed E-state index contributed by atoms with van der Waals surface area (Å²) in [6.07, 6.45) is 3.43. The molecule has 0 radical (unpaired) electrons. The zero-order chi connectivity index (χ0) is 15.0. The van der Waals surface area contributed by atoms with Gasteiger partial charge in [0.25, 0.3) is 0 Å². The molecule has 1 N–H and O–H groups in total. The smallest absolute Gasteiger partial charge is 0.129 e. The van der Waals surface area contributed by atoms with Crippen molar-refractivity contribution < 1.29 is 5.11 Å². The third kappa shape index (κ3) is 3.20. The third-order valence-electron chi connectivity index (χ3n) is 3.05. The van der Waals surface area contributed by atoms with E-state index in [1.165, 1.54) is 4.80 Å². The van der Waals surface area contributed by atoms with Gasteiger partial charge in [-0.15, -0.1) is 0 Å². The van der Waals surface area contributed by atoms with Gasteiger partial charge in [-0.1, -0.05) is 23.7 Å². The van der Waals surface area contributed by atoms with Crippen molar-refractivity contribution in [2.75, 3.05) is 0 Å². The molecule has 0 saturated carbocycles. The molecule has 0 spiro atoms. The molecule has 0 aliphatic rings. The summed E-state index contributed by atoms with van der Waals surface area (Å²) in [6.45, 7) is 3.79. The van der Waals surface area contributed by atoms with Crippen LogP contribution in [0.25, 0.3) is 22.0 Å². The minimum atomic E-state index is -0.848. The Hall–Kier alpha value is -1.98. The Kier molecular flexibility index (Phi) is 3.39. The maximum Gasteiger partial charge on any atom is 0.129 e. The van der Waals surface area contributed by atoms with Crippen molar-refractivity contribution in [3.05, 3.63) is 41.8 Å². The molecule has 1 aromatic carbocycles. The largest absolute Gasteiger partial charge is 0.388 e. The number of rotatable bonds is 3. The second kappa shape index (κ2) is 5.09. The van der Waals surface area contributed by atoms with E-state index in [0.717, 1.165) is 22.0 Å². The standard InChI is InChI=1S/C15H15ClN4O/c1-15(2,21)9-20-18-8-13(19-20)10-3-4-11-7-17-14(16)6-12(11)5-10/h3-8,21H,9H2,1-2H3. The zero-order valence-electron chi connectivity index (χ0n) is 11.8. The Labute approximate surface area is 127 Å². The molecule has 21 heavy (non-hydrogen) atoms. The topological polar surface area (TPSA) is 63.8 Å². The van der Waals surface area contributed by atoms with Crippen molar-refractivity contribution in [2.24, 2.45) is 0 Å². The highest BCUT2D eigenvalue weighted by Gasteiger charge is 2.15. The fourth-order valence-electron chi connectivity index (χ4n) is 2.13. The second-order valence-electron chi connectivity index (χ2n) is 5.64. The molecule has 3 rings (SSSR count). The molecule has 0 aliphatic carbocycles. The molecule has 5 nitrogen and oxygen atoms in total. The quantitative estimate of drug-likeness (QED) is 0.756. The Bertz CT molecular complexity index is 792. The normalized spacial score (nSPS) is 12.0. The van der Waals surface area contributed by atoms with Gasteiger partial charge in [0.15, 0.2) is 0 Å². The molecule has 0 saturated heterocycles. The number of fused-ring (bicyclic) bond motifs is 1. The summed E-state index contributed by atoms with van der Waals surface area (Å²) in [4.78, 5) is 5.56. The van der Waals surface area contributed by atoms with Crippen LogP contribution in [0.2, 0.25) is 5.15 Å². The van der Waals surface area contributed by atoms with Crippen LogP contribution in [-0.4, -0.2) is 30.7 Å². The number of benzene rings is 1. The van der Waals surface area contributed by atoms with Crippen LogP contribution in [0, 0.1) is 0 Å². The van der Waals surface area contributed by atoms with Crippen LogP contribution in [0.3, 0.4) is 0 Å². The molecule has 0 fully saturated rings. The molecule has 6 heteroatoms. The highest BCUT2D eigenvalue weighted by atomic mass is 35.5. The van der Waals surface area contributed by atoms with Crippen LogP contribution in [0.5, 0.6) is 0 Å². The lowest BCUT2D eigenvalue weighted by molar-refractivity contribution is 0.0532. The molecule has 108 valence electrons. The number of hydrogen-bond donors (Lipinski definition) is 1. The summed E-state index contributed by atoms with van der Waals surface area (Å²) < 4.78 is 0. The molecule has 3 aromatic rings. The van der Waals surface area contributed by atoms with Crippen LogP contribution < -0.4 is 0 Å². The Morgan fingerprint density at radius 3 is 2.76 bits per heavy atom. The average molecular weight is 303 g/mol. The predicted molar refractivity (Wildman–Crippen MR) is 82.1 cm³/mol. The second-order valence-corrected chi connectivity index (χ2v) is 6.03. The van der Waals surface area contributed by atoms with E-state index in [4.69, 9.17) is 11.6 Å². The number of aliphatic hydroxyl groups is 1. The Balaban J connectivity index is 1.96. The van der Waals surface area contributed by atoms with Gasteiger partial charge in [-0.2, -0.15) is 15.0 Å². The summed E-state index contributed by atoms with van der Waals surface area (Å²) in [5, 5.41) is 20.9. The van der Waals surface area contributed by atoms with E-state index >= 15 is 0 Å². The van der Waals surface area contributed by atoms with E-state index in [1.807, 2.05) is 24.3 Å². The first-order chi connectivity index (χ1) is 9.90. The Morgan fingerprint density at radius 1 is 1.19 bits per heavy atom. The van der Waals surface area contributed by atoms with Gasteiger partial charge in [-0.3, -0.25) is 0 Å². The fourth-order valence-corrected chi connectivity index (χ4v) is 2.29. The van der Waals surface area contributed by atoms with Gasteiger partial charge in [0, 0.05) is 17.1 Å². The lowest BCUT2D eigenvalue weighted by atomic mass is 10.1. The predicted octanol–water partition coefficient (Wildman–Crippen LogP) is 2.92. The summed E-state index contributed by atoms with van der Waals surface area (Å²) >= 11 is 5.92. The van der Waals surface area contributed by atoms with E-state index in [0.29, 0.717) is 11.7 Å². The van der Waals surface area contributed by atoms with Gasteiger partial charge >= 0.3 is 0 Å². The summed E-state index contributed by atoms with van der Waals surface area (Å²) in [7, 11) is 0. The number of nitrogens with zero attached hydrogens (tertiary/aromatic N) is 4. The van der Waals surface area contributed by atoms with E-state index in [2.05, 4.69) is 15.2 Å². The van der Waals surface area contributed by atoms with Gasteiger partial charge in [0.05, 0.1) is 18.3 Å². The monoisotopic (exact) mass is 302 g/mol. The maximum absolute atomic E-state index is 9.80. The van der Waals surface area contributed by atoms with E-state index in [-0.39, 0.29) is 0 Å². The highest BCUT2D eigenvalue weighted by Crippen LogP contribution is 2.24. The molecule has 0 unspecified atom stereocenters. The average Bonchev–Trinajstić information content (AvgIpc) is 2.84. The maximum atomic E-state index is 9.80. The van der Waals surface area contributed by atoms with Crippen LogP contribution in [0.1, 0.15) is 13.8 Å². The van der Waals surface area contributed by atoms with Crippen LogP contribution in [0.4, 0.5) is 0 Å². The molecular weight excluding hydrogens is 288 g/mol. The number of hydrogen-bond acceptors (Lipinski definition) is 4. The van der Waals surface area contributed by atoms with Crippen molar-refractivity contribution >= 4 is 22.4 Å². The molecule has 2 heterocycles. The molecule has 0 bridgehead atoms. The first-order valence-electron chi connectivity index (χ1n) is 6.59. The first kappa shape index (κ1) is 14.0. The van der Waals surface area contributed by atoms with Gasteiger partial charge < -0.3 is 5.11 Å². The van der Waals surface area contributed by atoms with Crippen molar-refractivity contribution in [3.8, 4) is 11.3 Å². The zero-order valence-corrected chi connectivity index (χ0v) is 12.5. The summed E-state index contributed by atoms with van der Waals surface area (Å²) in [5.41, 5.74) is 0.861. The van der Waals surface area contributed by atoms with Crippen molar-refractivity contribution in [1.29, 1.82) is 0 Å². The number of pyridine rings is 1. The lowest BCUT2D eigenvalue weighted by Crippen LogP contribution is -2.27. The van der Waals surface area contributed by atoms with Crippen molar-refractivity contribution in [2.45, 2.75) is 26.0 Å². The molecule has 0 atom stereocenters. The third-order valence-corrected chi connectivity index (χ3v) is 3.26. The van der Waals surface area contributed by atoms with Crippen LogP contribution in [0.15, 0.2) is 36.7 Å². The number of halogens is 1. The molecule has 0 aliphatic heterocycles.